The van der Waals surface area contributed by atoms with E-state index in [-0.39, 0.29) is 11.4 Å². The van der Waals surface area contributed by atoms with Gasteiger partial charge in [-0.25, -0.2) is 0 Å². The van der Waals surface area contributed by atoms with Gasteiger partial charge in [0.25, 0.3) is 0 Å². The van der Waals surface area contributed by atoms with Crippen LogP contribution in [0.3, 0.4) is 0 Å². The van der Waals surface area contributed by atoms with Crippen molar-refractivity contribution in [3.8, 4) is 28.3 Å². The SMILES string of the molecule is CCCCC(CC)Cc1cc(CC(CC)CCCC)cc(-c2ccc(-c3ccc(/C=C(\C#N)C(C)=O)cc3)c3nsnc23)c1. The van der Waals surface area contributed by atoms with Crippen molar-refractivity contribution in [1.29, 1.82) is 5.26 Å². The smallest absolute Gasteiger partial charge is 0.170 e. The summed E-state index contributed by atoms with van der Waals surface area (Å²) in [5.41, 5.74) is 10.2. The Hall–Kier alpha value is -3.62. The Labute approximate surface area is 268 Å². The maximum atomic E-state index is 11.7. The number of fused-ring (bicyclic) bond motifs is 1. The van der Waals surface area contributed by atoms with Crippen molar-refractivity contribution in [2.75, 3.05) is 0 Å². The highest BCUT2D eigenvalue weighted by molar-refractivity contribution is 7.00. The molecule has 1 aromatic heterocycles. The first-order chi connectivity index (χ1) is 21.4. The Bertz CT molecular complexity index is 1570. The largest absolute Gasteiger partial charge is 0.294 e. The second-order valence-corrected chi connectivity index (χ2v) is 12.8. The van der Waals surface area contributed by atoms with E-state index >= 15 is 0 Å². The summed E-state index contributed by atoms with van der Waals surface area (Å²) in [7, 11) is 0. The Kier molecular flexibility index (Phi) is 12.4. The van der Waals surface area contributed by atoms with Gasteiger partial charge >= 0.3 is 0 Å². The van der Waals surface area contributed by atoms with Crippen LogP contribution in [-0.4, -0.2) is 14.5 Å². The zero-order chi connectivity index (χ0) is 31.5. The van der Waals surface area contributed by atoms with Gasteiger partial charge in [0.05, 0.1) is 17.3 Å². The molecule has 0 amide bonds. The van der Waals surface area contributed by atoms with Crippen LogP contribution in [0, 0.1) is 23.2 Å². The minimum absolute atomic E-state index is 0.154. The molecule has 2 atom stereocenters. The Morgan fingerprint density at radius 2 is 1.32 bits per heavy atom. The molecule has 2 unspecified atom stereocenters. The lowest BCUT2D eigenvalue weighted by atomic mass is 9.86. The van der Waals surface area contributed by atoms with Crippen LogP contribution in [0.25, 0.3) is 39.4 Å². The minimum Gasteiger partial charge on any atom is -0.294 e. The number of nitriles is 1. The van der Waals surface area contributed by atoms with Crippen LogP contribution < -0.4 is 0 Å². The van der Waals surface area contributed by atoms with E-state index in [1.165, 1.54) is 86.7 Å². The van der Waals surface area contributed by atoms with Crippen molar-refractivity contribution < 1.29 is 4.79 Å². The molecular weight excluding hydrogens is 559 g/mol. The van der Waals surface area contributed by atoms with Crippen molar-refractivity contribution >= 4 is 34.6 Å². The summed E-state index contributed by atoms with van der Waals surface area (Å²) < 4.78 is 9.57. The lowest BCUT2D eigenvalue weighted by Gasteiger charge is -2.19. The van der Waals surface area contributed by atoms with Crippen LogP contribution in [0.4, 0.5) is 0 Å². The van der Waals surface area contributed by atoms with Crippen LogP contribution in [0.2, 0.25) is 0 Å². The molecule has 3 aromatic carbocycles. The standard InChI is InChI=1S/C39H47N3OS/c1-6-10-12-28(8-3)20-31-22-32(21-29(9-4)13-11-7-2)25-34(24-31)37-19-18-36(38-39(37)42-44-41-38)33-16-14-30(15-17-33)23-35(26-40)27(5)43/h14-19,22-25,28-29H,6-13,20-21H2,1-5H3/b35-23+. The molecule has 0 fully saturated rings. The van der Waals surface area contributed by atoms with Crippen molar-refractivity contribution in [3.05, 3.63) is 76.9 Å². The van der Waals surface area contributed by atoms with Crippen molar-refractivity contribution in [3.63, 3.8) is 0 Å². The van der Waals surface area contributed by atoms with Gasteiger partial charge in [0.1, 0.15) is 17.1 Å². The van der Waals surface area contributed by atoms with Crippen molar-refractivity contribution in [2.45, 2.75) is 98.8 Å². The van der Waals surface area contributed by atoms with Gasteiger partial charge in [0, 0.05) is 11.1 Å². The molecule has 0 saturated heterocycles. The first-order valence-corrected chi connectivity index (χ1v) is 17.2. The quantitative estimate of drug-likeness (QED) is 0.0941. The Balaban J connectivity index is 1.73. The molecule has 44 heavy (non-hydrogen) atoms. The first-order valence-electron chi connectivity index (χ1n) is 16.5. The van der Waals surface area contributed by atoms with Gasteiger partial charge in [-0.05, 0) is 65.5 Å². The number of hydrogen-bond acceptors (Lipinski definition) is 5. The molecule has 0 bridgehead atoms. The number of aromatic nitrogens is 2. The van der Waals surface area contributed by atoms with Gasteiger partial charge in [0.15, 0.2) is 5.78 Å². The highest BCUT2D eigenvalue weighted by Crippen LogP contribution is 2.36. The fraction of sp³-hybridized carbons (Fsp3) is 0.436. The molecular formula is C39H47N3OS. The van der Waals surface area contributed by atoms with E-state index in [4.69, 9.17) is 8.75 Å². The normalized spacial score (nSPS) is 13.1. The van der Waals surface area contributed by atoms with Crippen LogP contribution in [0.1, 0.15) is 103 Å². The molecule has 0 aliphatic carbocycles. The molecule has 4 rings (SSSR count). The fourth-order valence-electron chi connectivity index (χ4n) is 6.18. The van der Waals surface area contributed by atoms with E-state index in [1.54, 1.807) is 6.08 Å². The summed E-state index contributed by atoms with van der Waals surface area (Å²) >= 11 is 1.26. The summed E-state index contributed by atoms with van der Waals surface area (Å²) in [4.78, 5) is 11.7. The molecule has 4 aromatic rings. The number of hydrogen-bond donors (Lipinski definition) is 0. The molecule has 0 N–H and O–H groups in total. The summed E-state index contributed by atoms with van der Waals surface area (Å²) in [5, 5.41) is 9.27. The molecule has 1 heterocycles. The van der Waals surface area contributed by atoms with Gasteiger partial charge < -0.3 is 0 Å². The van der Waals surface area contributed by atoms with E-state index in [0.29, 0.717) is 11.8 Å². The van der Waals surface area contributed by atoms with Gasteiger partial charge in [-0.1, -0.05) is 134 Å². The highest BCUT2D eigenvalue weighted by atomic mass is 32.1. The number of unbranched alkanes of at least 4 members (excludes halogenated alkanes) is 2. The predicted molar refractivity (Wildman–Crippen MR) is 187 cm³/mol. The number of Topliss-reactive ketones (excluding diaryl/α,β-unsaturated/α-hetero) is 1. The lowest BCUT2D eigenvalue weighted by molar-refractivity contribution is -0.113. The number of ketones is 1. The highest BCUT2D eigenvalue weighted by Gasteiger charge is 2.17. The van der Waals surface area contributed by atoms with Crippen LogP contribution >= 0.6 is 11.7 Å². The molecule has 5 heteroatoms. The number of carbonyl (C=O) groups is 1. The third-order valence-electron chi connectivity index (χ3n) is 8.95. The topological polar surface area (TPSA) is 66.6 Å². The molecule has 0 aliphatic heterocycles. The molecule has 0 radical (unpaired) electrons. The predicted octanol–water partition coefficient (Wildman–Crippen LogP) is 11.0. The number of nitrogens with zero attached hydrogens (tertiary/aromatic N) is 3. The molecule has 4 nitrogen and oxygen atoms in total. The van der Waals surface area contributed by atoms with E-state index in [0.717, 1.165) is 46.1 Å². The van der Waals surface area contributed by atoms with E-state index in [2.05, 4.69) is 58.0 Å². The second kappa shape index (κ2) is 16.5. The summed E-state index contributed by atoms with van der Waals surface area (Å²) in [6.07, 6.45) is 14.0. The maximum absolute atomic E-state index is 11.7. The van der Waals surface area contributed by atoms with Crippen LogP contribution in [-0.2, 0) is 17.6 Å². The third-order valence-corrected chi connectivity index (χ3v) is 9.48. The number of allylic oxidation sites excluding steroid dienone is 1. The summed E-state index contributed by atoms with van der Waals surface area (Å²) in [5.74, 6) is 1.19. The zero-order valence-corrected chi connectivity index (χ0v) is 28.0. The van der Waals surface area contributed by atoms with Gasteiger partial charge in [-0.2, -0.15) is 14.0 Å². The Morgan fingerprint density at radius 3 is 1.77 bits per heavy atom. The number of benzene rings is 3. The summed E-state index contributed by atoms with van der Waals surface area (Å²) in [6.45, 7) is 10.7. The number of rotatable bonds is 16. The molecule has 230 valence electrons. The molecule has 0 aliphatic rings. The zero-order valence-electron chi connectivity index (χ0n) is 27.2. The van der Waals surface area contributed by atoms with Crippen molar-refractivity contribution in [1.82, 2.24) is 8.75 Å². The fourth-order valence-corrected chi connectivity index (χ4v) is 6.75. The van der Waals surface area contributed by atoms with Crippen molar-refractivity contribution in [2.24, 2.45) is 11.8 Å². The van der Waals surface area contributed by atoms with Gasteiger partial charge in [-0.15, -0.1) is 0 Å². The van der Waals surface area contributed by atoms with Crippen LogP contribution in [0.5, 0.6) is 0 Å². The third kappa shape index (κ3) is 8.51. The second-order valence-electron chi connectivity index (χ2n) is 12.2. The average Bonchev–Trinajstić information content (AvgIpc) is 3.53. The minimum atomic E-state index is -0.230. The monoisotopic (exact) mass is 605 g/mol. The molecule has 0 saturated carbocycles. The summed E-state index contributed by atoms with van der Waals surface area (Å²) in [6, 6.07) is 21.6. The van der Waals surface area contributed by atoms with E-state index in [1.807, 2.05) is 30.3 Å². The number of carbonyl (C=O) groups excluding carboxylic acids is 1. The van der Waals surface area contributed by atoms with E-state index in [9.17, 15) is 10.1 Å². The molecule has 0 spiro atoms. The Morgan fingerprint density at radius 1 is 0.795 bits per heavy atom. The lowest BCUT2D eigenvalue weighted by Crippen LogP contribution is -2.07. The van der Waals surface area contributed by atoms with Gasteiger partial charge in [-0.3, -0.25) is 4.79 Å². The van der Waals surface area contributed by atoms with Gasteiger partial charge in [0.2, 0.25) is 0 Å². The van der Waals surface area contributed by atoms with Crippen LogP contribution in [0.15, 0.2) is 60.2 Å². The first kappa shape index (κ1) is 33.3. The average molecular weight is 606 g/mol. The maximum Gasteiger partial charge on any atom is 0.170 e. The van der Waals surface area contributed by atoms with E-state index < -0.39 is 0 Å².